The van der Waals surface area contributed by atoms with Gasteiger partial charge in [-0.15, -0.1) is 0 Å². The van der Waals surface area contributed by atoms with E-state index in [9.17, 15) is 4.79 Å². The van der Waals surface area contributed by atoms with E-state index in [0.29, 0.717) is 12.0 Å². The van der Waals surface area contributed by atoms with Gasteiger partial charge in [-0.3, -0.25) is 4.79 Å². The lowest BCUT2D eigenvalue weighted by Gasteiger charge is -2.13. The van der Waals surface area contributed by atoms with Crippen LogP contribution in [0.5, 0.6) is 0 Å². The number of nitrogens with one attached hydrogen (secondary N) is 1. The quantitative estimate of drug-likeness (QED) is 0.783. The van der Waals surface area contributed by atoms with E-state index in [2.05, 4.69) is 5.32 Å². The molecule has 2 aromatic heterocycles. The van der Waals surface area contributed by atoms with Gasteiger partial charge >= 0.3 is 0 Å². The molecule has 0 aliphatic rings. The fourth-order valence-electron chi connectivity index (χ4n) is 2.40. The molecule has 1 N–H and O–H groups in total. The van der Waals surface area contributed by atoms with Crippen LogP contribution in [0.3, 0.4) is 0 Å². The fraction of sp³-hybridized carbons (Fsp3) is 0.167. The molecule has 1 aromatic carbocycles. The van der Waals surface area contributed by atoms with Crippen LogP contribution >= 0.6 is 0 Å². The summed E-state index contributed by atoms with van der Waals surface area (Å²) in [6.45, 7) is 1.97. The molecule has 22 heavy (non-hydrogen) atoms. The Morgan fingerprint density at radius 2 is 2.00 bits per heavy atom. The molecular formula is C18H18N2O2. The van der Waals surface area contributed by atoms with Crippen LogP contribution in [0.2, 0.25) is 0 Å². The highest BCUT2D eigenvalue weighted by Gasteiger charge is 2.12. The van der Waals surface area contributed by atoms with Gasteiger partial charge in [0, 0.05) is 36.1 Å². The third-order valence-electron chi connectivity index (χ3n) is 3.48. The Labute approximate surface area is 129 Å². The molecule has 112 valence electrons. The van der Waals surface area contributed by atoms with Crippen molar-refractivity contribution in [2.75, 3.05) is 0 Å². The van der Waals surface area contributed by atoms with Crippen molar-refractivity contribution >= 4 is 5.91 Å². The van der Waals surface area contributed by atoms with Crippen molar-refractivity contribution in [1.29, 1.82) is 0 Å². The summed E-state index contributed by atoms with van der Waals surface area (Å²) in [7, 11) is 0. The minimum atomic E-state index is -0.0759. The van der Waals surface area contributed by atoms with Crippen LogP contribution in [0.1, 0.15) is 23.0 Å². The van der Waals surface area contributed by atoms with Crippen molar-refractivity contribution < 1.29 is 9.21 Å². The van der Waals surface area contributed by atoms with E-state index in [1.54, 1.807) is 6.26 Å². The zero-order valence-corrected chi connectivity index (χ0v) is 12.4. The first-order chi connectivity index (χ1) is 10.7. The summed E-state index contributed by atoms with van der Waals surface area (Å²) >= 11 is 0. The summed E-state index contributed by atoms with van der Waals surface area (Å²) in [5.74, 6) is 0.793. The molecule has 0 bridgehead atoms. The molecule has 2 heterocycles. The minimum absolute atomic E-state index is 0.00823. The van der Waals surface area contributed by atoms with E-state index >= 15 is 0 Å². The van der Waals surface area contributed by atoms with Crippen LogP contribution in [-0.2, 0) is 6.42 Å². The van der Waals surface area contributed by atoms with Gasteiger partial charge < -0.3 is 14.3 Å². The van der Waals surface area contributed by atoms with E-state index < -0.39 is 0 Å². The van der Waals surface area contributed by atoms with Crippen LogP contribution in [0.4, 0.5) is 0 Å². The van der Waals surface area contributed by atoms with E-state index in [1.165, 1.54) is 0 Å². The molecule has 4 heteroatoms. The first-order valence-corrected chi connectivity index (χ1v) is 7.29. The van der Waals surface area contributed by atoms with E-state index in [0.717, 1.165) is 11.4 Å². The van der Waals surface area contributed by atoms with Crippen LogP contribution in [0, 0.1) is 0 Å². The third kappa shape index (κ3) is 3.28. The molecule has 0 spiro atoms. The monoisotopic (exact) mass is 294 g/mol. The number of amides is 1. The number of rotatable bonds is 5. The number of aromatic nitrogens is 1. The Balaban J connectivity index is 1.68. The van der Waals surface area contributed by atoms with Crippen molar-refractivity contribution in [3.8, 4) is 5.69 Å². The summed E-state index contributed by atoms with van der Waals surface area (Å²) < 4.78 is 7.28. The number of hydrogen-bond acceptors (Lipinski definition) is 2. The predicted octanol–water partition coefficient (Wildman–Crippen LogP) is 3.43. The maximum absolute atomic E-state index is 12.4. The largest absolute Gasteiger partial charge is 0.469 e. The highest BCUT2D eigenvalue weighted by Crippen LogP contribution is 2.11. The normalized spacial score (nSPS) is 12.0. The van der Waals surface area contributed by atoms with Crippen molar-refractivity contribution in [3.63, 3.8) is 0 Å². The SMILES string of the molecule is C[C@@H](Cc1ccco1)NC(=O)c1cccc(-n2cccc2)c1. The molecule has 0 saturated heterocycles. The number of carbonyl (C=O) groups is 1. The molecule has 1 atom stereocenters. The summed E-state index contributed by atoms with van der Waals surface area (Å²) in [4.78, 5) is 12.4. The van der Waals surface area contributed by atoms with Crippen molar-refractivity contribution in [2.24, 2.45) is 0 Å². The average Bonchev–Trinajstić information content (AvgIpc) is 3.20. The van der Waals surface area contributed by atoms with E-state index in [1.807, 2.05) is 72.4 Å². The molecule has 4 nitrogen and oxygen atoms in total. The first kappa shape index (κ1) is 14.2. The van der Waals surface area contributed by atoms with Crippen LogP contribution in [0.15, 0.2) is 71.6 Å². The second-order valence-electron chi connectivity index (χ2n) is 5.30. The Morgan fingerprint density at radius 3 is 2.73 bits per heavy atom. The van der Waals surface area contributed by atoms with Gasteiger partial charge in [-0.25, -0.2) is 0 Å². The van der Waals surface area contributed by atoms with Crippen LogP contribution in [0.25, 0.3) is 5.69 Å². The molecule has 3 rings (SSSR count). The van der Waals surface area contributed by atoms with Gasteiger partial charge in [-0.2, -0.15) is 0 Å². The number of nitrogens with zero attached hydrogens (tertiary/aromatic N) is 1. The van der Waals surface area contributed by atoms with Gasteiger partial charge in [0.15, 0.2) is 0 Å². The van der Waals surface area contributed by atoms with Gasteiger partial charge in [-0.1, -0.05) is 6.07 Å². The Bertz CT molecular complexity index is 730. The van der Waals surface area contributed by atoms with Gasteiger partial charge in [0.2, 0.25) is 0 Å². The van der Waals surface area contributed by atoms with E-state index in [-0.39, 0.29) is 11.9 Å². The molecule has 3 aromatic rings. The fourth-order valence-corrected chi connectivity index (χ4v) is 2.40. The zero-order valence-electron chi connectivity index (χ0n) is 12.4. The predicted molar refractivity (Wildman–Crippen MR) is 85.1 cm³/mol. The average molecular weight is 294 g/mol. The van der Waals surface area contributed by atoms with Gasteiger partial charge in [0.1, 0.15) is 5.76 Å². The summed E-state index contributed by atoms with van der Waals surface area (Å²) in [6.07, 6.45) is 6.23. The summed E-state index contributed by atoms with van der Waals surface area (Å²) in [6, 6.07) is 15.3. The van der Waals surface area contributed by atoms with Crippen LogP contribution < -0.4 is 5.32 Å². The van der Waals surface area contributed by atoms with Crippen LogP contribution in [-0.4, -0.2) is 16.5 Å². The highest BCUT2D eigenvalue weighted by atomic mass is 16.3. The zero-order chi connectivity index (χ0) is 15.4. The first-order valence-electron chi connectivity index (χ1n) is 7.29. The molecule has 0 saturated carbocycles. The van der Waals surface area contributed by atoms with Crippen molar-refractivity contribution in [2.45, 2.75) is 19.4 Å². The molecule has 0 fully saturated rings. The number of carbonyl (C=O) groups excluding carboxylic acids is 1. The lowest BCUT2D eigenvalue weighted by molar-refractivity contribution is 0.0939. The second-order valence-corrected chi connectivity index (χ2v) is 5.30. The Kier molecular flexibility index (Phi) is 4.10. The lowest BCUT2D eigenvalue weighted by atomic mass is 10.1. The lowest BCUT2D eigenvalue weighted by Crippen LogP contribution is -2.34. The molecule has 0 unspecified atom stereocenters. The number of hydrogen-bond donors (Lipinski definition) is 1. The van der Waals surface area contributed by atoms with Crippen molar-refractivity contribution in [3.05, 3.63) is 78.5 Å². The van der Waals surface area contributed by atoms with Gasteiger partial charge in [-0.05, 0) is 49.4 Å². The maximum Gasteiger partial charge on any atom is 0.251 e. The van der Waals surface area contributed by atoms with E-state index in [4.69, 9.17) is 4.42 Å². The number of furan rings is 1. The minimum Gasteiger partial charge on any atom is -0.469 e. The molecular weight excluding hydrogens is 276 g/mol. The molecule has 0 radical (unpaired) electrons. The second kappa shape index (κ2) is 6.35. The Morgan fingerprint density at radius 1 is 1.18 bits per heavy atom. The van der Waals surface area contributed by atoms with Gasteiger partial charge in [0.05, 0.1) is 6.26 Å². The highest BCUT2D eigenvalue weighted by molar-refractivity contribution is 5.94. The number of benzene rings is 1. The maximum atomic E-state index is 12.4. The molecule has 0 aliphatic heterocycles. The smallest absolute Gasteiger partial charge is 0.251 e. The van der Waals surface area contributed by atoms with Gasteiger partial charge in [0.25, 0.3) is 5.91 Å². The molecule has 0 aliphatic carbocycles. The Hall–Kier alpha value is -2.75. The van der Waals surface area contributed by atoms with Crippen molar-refractivity contribution in [1.82, 2.24) is 9.88 Å². The summed E-state index contributed by atoms with van der Waals surface area (Å²) in [5, 5.41) is 3.00. The molecule has 1 amide bonds. The third-order valence-corrected chi connectivity index (χ3v) is 3.48. The standard InChI is InChI=1S/C18H18N2O2/c1-14(12-17-8-5-11-22-17)19-18(21)15-6-4-7-16(13-15)20-9-2-3-10-20/h2-11,13-14H,12H2,1H3,(H,19,21)/t14-/m0/s1. The summed E-state index contributed by atoms with van der Waals surface area (Å²) in [5.41, 5.74) is 1.62. The topological polar surface area (TPSA) is 47.2 Å².